The second kappa shape index (κ2) is 10.5. The molecule has 8 nitrogen and oxygen atoms in total. The van der Waals surface area contributed by atoms with Crippen LogP contribution in [0.15, 0.2) is 60.8 Å². The summed E-state index contributed by atoms with van der Waals surface area (Å²) in [7, 11) is 4.51. The number of hydrogen-bond acceptors (Lipinski definition) is 6. The number of nitrogens with one attached hydrogen (secondary N) is 1. The molecule has 35 heavy (non-hydrogen) atoms. The Bertz CT molecular complexity index is 1230. The van der Waals surface area contributed by atoms with Gasteiger partial charge in [0.15, 0.2) is 11.5 Å². The van der Waals surface area contributed by atoms with E-state index in [2.05, 4.69) is 5.32 Å². The van der Waals surface area contributed by atoms with Crippen LogP contribution in [0.1, 0.15) is 31.2 Å². The molecule has 8 heteroatoms. The maximum atomic E-state index is 12.8. The molecule has 2 aromatic carbocycles. The number of carbonyl (C=O) groups is 2. The lowest BCUT2D eigenvalue weighted by Crippen LogP contribution is -2.52. The van der Waals surface area contributed by atoms with Crippen LogP contribution in [-0.4, -0.2) is 48.5 Å². The number of ether oxygens (including phenoxy) is 3. The zero-order chi connectivity index (χ0) is 24.8. The number of hydrogen-bond donors (Lipinski definition) is 1. The highest BCUT2D eigenvalue weighted by Gasteiger charge is 2.43. The molecule has 0 unspecified atom stereocenters. The standard InChI is InChI=1S/C27H29N3O5/c1-33-22-13-11-19(17-23(22)34-2)25-20(18-30(29-25)21-9-5-4-6-10-21)12-14-24(31)28-27(26(32)35-3)15-7-8-16-27/h4-6,9-14,17-18H,7-8,15-16H2,1-3H3,(H,28,31)/b14-12+. The number of methoxy groups -OCH3 is 3. The van der Waals surface area contributed by atoms with E-state index in [-0.39, 0.29) is 5.91 Å². The van der Waals surface area contributed by atoms with E-state index in [9.17, 15) is 9.59 Å². The Hall–Kier alpha value is -4.07. The molecule has 1 saturated carbocycles. The van der Waals surface area contributed by atoms with Crippen LogP contribution in [-0.2, 0) is 14.3 Å². The molecule has 0 aliphatic heterocycles. The second-order valence-electron chi connectivity index (χ2n) is 8.39. The van der Waals surface area contributed by atoms with Crippen molar-refractivity contribution in [1.29, 1.82) is 0 Å². The summed E-state index contributed by atoms with van der Waals surface area (Å²) in [6.07, 6.45) is 7.87. The molecule has 1 fully saturated rings. The van der Waals surface area contributed by atoms with Crippen LogP contribution in [0.2, 0.25) is 0 Å². The minimum Gasteiger partial charge on any atom is -0.493 e. The average Bonchev–Trinajstić information content (AvgIpc) is 3.55. The molecule has 0 bridgehead atoms. The summed E-state index contributed by atoms with van der Waals surface area (Å²) in [5.74, 6) is 0.427. The molecule has 1 heterocycles. The van der Waals surface area contributed by atoms with Crippen molar-refractivity contribution in [3.63, 3.8) is 0 Å². The molecule has 1 aliphatic rings. The summed E-state index contributed by atoms with van der Waals surface area (Å²) >= 11 is 0. The van der Waals surface area contributed by atoms with Crippen molar-refractivity contribution >= 4 is 18.0 Å². The zero-order valence-corrected chi connectivity index (χ0v) is 20.1. The molecule has 3 aromatic rings. The third kappa shape index (κ3) is 5.06. The lowest BCUT2D eigenvalue weighted by molar-refractivity contribution is -0.150. The lowest BCUT2D eigenvalue weighted by Gasteiger charge is -2.26. The topological polar surface area (TPSA) is 91.7 Å². The van der Waals surface area contributed by atoms with Gasteiger partial charge in [-0.2, -0.15) is 5.10 Å². The van der Waals surface area contributed by atoms with Crippen molar-refractivity contribution in [3.05, 3.63) is 66.4 Å². The van der Waals surface area contributed by atoms with E-state index in [1.165, 1.54) is 13.2 Å². The number of nitrogens with zero attached hydrogens (tertiary/aromatic N) is 2. The molecule has 0 atom stereocenters. The highest BCUT2D eigenvalue weighted by atomic mass is 16.5. The number of rotatable bonds is 8. The number of esters is 1. The van der Waals surface area contributed by atoms with Gasteiger partial charge in [0.1, 0.15) is 11.2 Å². The normalized spacial score (nSPS) is 14.6. The van der Waals surface area contributed by atoms with Crippen LogP contribution in [0.3, 0.4) is 0 Å². The van der Waals surface area contributed by atoms with Crippen LogP contribution >= 0.6 is 0 Å². The maximum Gasteiger partial charge on any atom is 0.331 e. The van der Waals surface area contributed by atoms with Crippen LogP contribution in [0.25, 0.3) is 23.0 Å². The molecular weight excluding hydrogens is 446 g/mol. The highest BCUT2D eigenvalue weighted by molar-refractivity contribution is 5.97. The summed E-state index contributed by atoms with van der Waals surface area (Å²) < 4.78 is 17.5. The number of aromatic nitrogens is 2. The Morgan fingerprint density at radius 1 is 1.00 bits per heavy atom. The molecule has 1 aliphatic carbocycles. The van der Waals surface area contributed by atoms with E-state index in [1.807, 2.05) is 54.7 Å². The van der Waals surface area contributed by atoms with Crippen molar-refractivity contribution in [3.8, 4) is 28.4 Å². The first-order chi connectivity index (χ1) is 17.0. The van der Waals surface area contributed by atoms with Gasteiger partial charge in [-0.05, 0) is 49.2 Å². The van der Waals surface area contributed by atoms with E-state index >= 15 is 0 Å². The van der Waals surface area contributed by atoms with E-state index in [1.54, 1.807) is 25.0 Å². The summed E-state index contributed by atoms with van der Waals surface area (Å²) in [5.41, 5.74) is 2.13. The Balaban J connectivity index is 1.68. The molecule has 1 amide bonds. The van der Waals surface area contributed by atoms with Gasteiger partial charge in [0.2, 0.25) is 5.91 Å². The van der Waals surface area contributed by atoms with Gasteiger partial charge in [-0.1, -0.05) is 31.0 Å². The summed E-state index contributed by atoms with van der Waals surface area (Å²) in [6.45, 7) is 0. The third-order valence-electron chi connectivity index (χ3n) is 6.23. The van der Waals surface area contributed by atoms with E-state index in [4.69, 9.17) is 19.3 Å². The summed E-state index contributed by atoms with van der Waals surface area (Å²) in [5, 5.41) is 7.66. The largest absolute Gasteiger partial charge is 0.493 e. The van der Waals surface area contributed by atoms with Crippen molar-refractivity contribution in [2.24, 2.45) is 0 Å². The van der Waals surface area contributed by atoms with Gasteiger partial charge in [-0.25, -0.2) is 9.48 Å². The summed E-state index contributed by atoms with van der Waals surface area (Å²) in [6, 6.07) is 15.3. The summed E-state index contributed by atoms with van der Waals surface area (Å²) in [4.78, 5) is 25.2. The Kier molecular flexibility index (Phi) is 7.19. The monoisotopic (exact) mass is 475 g/mol. The van der Waals surface area contributed by atoms with Gasteiger partial charge in [0.05, 0.1) is 27.0 Å². The van der Waals surface area contributed by atoms with Crippen molar-refractivity contribution < 1.29 is 23.8 Å². The second-order valence-corrected chi connectivity index (χ2v) is 8.39. The van der Waals surface area contributed by atoms with Crippen molar-refractivity contribution in [1.82, 2.24) is 15.1 Å². The number of amides is 1. The van der Waals surface area contributed by atoms with E-state index < -0.39 is 11.5 Å². The Labute approximate surface area is 204 Å². The van der Waals surface area contributed by atoms with Crippen LogP contribution < -0.4 is 14.8 Å². The fourth-order valence-corrected chi connectivity index (χ4v) is 4.43. The van der Waals surface area contributed by atoms with Gasteiger partial charge >= 0.3 is 5.97 Å². The first-order valence-corrected chi connectivity index (χ1v) is 11.5. The fourth-order valence-electron chi connectivity index (χ4n) is 4.43. The highest BCUT2D eigenvalue weighted by Crippen LogP contribution is 2.34. The van der Waals surface area contributed by atoms with Gasteiger partial charge in [0, 0.05) is 23.4 Å². The number of benzene rings is 2. The van der Waals surface area contributed by atoms with Crippen LogP contribution in [0.4, 0.5) is 0 Å². The molecule has 0 saturated heterocycles. The minimum atomic E-state index is -0.962. The number of para-hydroxylation sites is 1. The maximum absolute atomic E-state index is 12.8. The molecule has 4 rings (SSSR count). The van der Waals surface area contributed by atoms with E-state index in [0.717, 1.165) is 29.7 Å². The quantitative estimate of drug-likeness (QED) is 0.388. The molecular formula is C27H29N3O5. The van der Waals surface area contributed by atoms with Gasteiger partial charge in [0.25, 0.3) is 0 Å². The minimum absolute atomic E-state index is 0.358. The van der Waals surface area contributed by atoms with Crippen LogP contribution in [0.5, 0.6) is 11.5 Å². The molecule has 0 radical (unpaired) electrons. The molecule has 0 spiro atoms. The average molecular weight is 476 g/mol. The number of carbonyl (C=O) groups excluding carboxylic acids is 2. The predicted molar refractivity (Wildman–Crippen MR) is 132 cm³/mol. The zero-order valence-electron chi connectivity index (χ0n) is 20.1. The third-order valence-corrected chi connectivity index (χ3v) is 6.23. The lowest BCUT2D eigenvalue weighted by atomic mass is 9.97. The van der Waals surface area contributed by atoms with Crippen molar-refractivity contribution in [2.75, 3.05) is 21.3 Å². The Morgan fingerprint density at radius 2 is 1.71 bits per heavy atom. The molecule has 1 N–H and O–H groups in total. The van der Waals surface area contributed by atoms with Crippen molar-refractivity contribution in [2.45, 2.75) is 31.2 Å². The van der Waals surface area contributed by atoms with Gasteiger partial charge in [-0.3, -0.25) is 4.79 Å². The molecule has 182 valence electrons. The predicted octanol–water partition coefficient (Wildman–Crippen LogP) is 4.17. The molecule has 1 aromatic heterocycles. The van der Waals surface area contributed by atoms with Gasteiger partial charge in [-0.15, -0.1) is 0 Å². The Morgan fingerprint density at radius 3 is 2.37 bits per heavy atom. The van der Waals surface area contributed by atoms with Crippen LogP contribution in [0, 0.1) is 0 Å². The first kappa shape index (κ1) is 24.1. The first-order valence-electron chi connectivity index (χ1n) is 11.5. The SMILES string of the molecule is COC(=O)C1(NC(=O)/C=C/c2cn(-c3ccccc3)nc2-c2ccc(OC)c(OC)c2)CCCC1. The smallest absolute Gasteiger partial charge is 0.331 e. The fraction of sp³-hybridized carbons (Fsp3) is 0.296. The van der Waals surface area contributed by atoms with Gasteiger partial charge < -0.3 is 19.5 Å². The van der Waals surface area contributed by atoms with E-state index in [0.29, 0.717) is 30.0 Å².